The third kappa shape index (κ3) is 4.49. The maximum absolute atomic E-state index is 9.99. The molecule has 0 amide bonds. The van der Waals surface area contributed by atoms with Crippen LogP contribution in [0.2, 0.25) is 0 Å². The van der Waals surface area contributed by atoms with Crippen molar-refractivity contribution in [2.45, 2.75) is 63.7 Å². The maximum atomic E-state index is 9.99. The third-order valence-electron chi connectivity index (χ3n) is 3.15. The highest BCUT2D eigenvalue weighted by atomic mass is 16.3. The molecule has 2 unspecified atom stereocenters. The van der Waals surface area contributed by atoms with Gasteiger partial charge in [-0.2, -0.15) is 0 Å². The molecule has 1 rings (SSSR count). The van der Waals surface area contributed by atoms with Gasteiger partial charge in [0.2, 0.25) is 0 Å². The fourth-order valence-electron chi connectivity index (χ4n) is 2.51. The summed E-state index contributed by atoms with van der Waals surface area (Å²) in [4.78, 5) is 2.11. The van der Waals surface area contributed by atoms with Crippen molar-refractivity contribution in [3.63, 3.8) is 0 Å². The van der Waals surface area contributed by atoms with Crippen LogP contribution in [-0.4, -0.2) is 46.5 Å². The fourth-order valence-corrected chi connectivity index (χ4v) is 2.51. The molecule has 15 heavy (non-hydrogen) atoms. The Morgan fingerprint density at radius 1 is 1.20 bits per heavy atom. The van der Waals surface area contributed by atoms with Crippen LogP contribution >= 0.6 is 0 Å². The van der Waals surface area contributed by atoms with Crippen LogP contribution in [0.1, 0.15) is 46.0 Å². The summed E-state index contributed by atoms with van der Waals surface area (Å²) in [6.07, 6.45) is 5.28. The second-order valence-electron chi connectivity index (χ2n) is 5.50. The monoisotopic (exact) mass is 215 g/mol. The highest BCUT2D eigenvalue weighted by molar-refractivity contribution is 4.83. The summed E-state index contributed by atoms with van der Waals surface area (Å²) in [5.74, 6) is 0. The molecule has 0 saturated heterocycles. The number of hydrogen-bond acceptors (Lipinski definition) is 3. The predicted octanol–water partition coefficient (Wildman–Crippen LogP) is 1.38. The molecule has 1 aliphatic carbocycles. The summed E-state index contributed by atoms with van der Waals surface area (Å²) in [5.41, 5.74) is -0.680. The molecule has 2 atom stereocenters. The second kappa shape index (κ2) is 5.28. The number of rotatable bonds is 3. The van der Waals surface area contributed by atoms with Crippen LogP contribution in [0.15, 0.2) is 0 Å². The molecule has 0 radical (unpaired) electrons. The second-order valence-corrected chi connectivity index (χ2v) is 5.50. The SMILES string of the molecule is CN(CC(C)(C)O)C1CCCCCC1O. The Morgan fingerprint density at radius 3 is 2.40 bits per heavy atom. The molecule has 3 heteroatoms. The molecule has 0 spiro atoms. The van der Waals surface area contributed by atoms with Gasteiger partial charge in [0, 0.05) is 12.6 Å². The van der Waals surface area contributed by atoms with Gasteiger partial charge in [-0.25, -0.2) is 0 Å². The van der Waals surface area contributed by atoms with Gasteiger partial charge in [-0.1, -0.05) is 19.3 Å². The minimum absolute atomic E-state index is 0.221. The summed E-state index contributed by atoms with van der Waals surface area (Å²) in [5, 5.41) is 19.7. The quantitative estimate of drug-likeness (QED) is 0.699. The van der Waals surface area contributed by atoms with E-state index in [0.29, 0.717) is 6.54 Å². The Balaban J connectivity index is 2.51. The summed E-state index contributed by atoms with van der Waals surface area (Å²) in [7, 11) is 2.00. The number of aliphatic hydroxyl groups is 2. The van der Waals surface area contributed by atoms with Gasteiger partial charge in [0.25, 0.3) is 0 Å². The number of likely N-dealkylation sites (N-methyl/N-ethyl adjacent to an activating group) is 1. The van der Waals surface area contributed by atoms with Crippen LogP contribution in [0.5, 0.6) is 0 Å². The Kier molecular flexibility index (Phi) is 4.56. The van der Waals surface area contributed by atoms with E-state index in [9.17, 15) is 10.2 Å². The molecule has 3 nitrogen and oxygen atoms in total. The average Bonchev–Trinajstić information content (AvgIpc) is 2.26. The topological polar surface area (TPSA) is 43.7 Å². The third-order valence-corrected chi connectivity index (χ3v) is 3.15. The lowest BCUT2D eigenvalue weighted by molar-refractivity contribution is -0.00314. The van der Waals surface area contributed by atoms with E-state index in [1.807, 2.05) is 20.9 Å². The van der Waals surface area contributed by atoms with E-state index in [-0.39, 0.29) is 12.1 Å². The number of nitrogens with zero attached hydrogens (tertiary/aromatic N) is 1. The first-order valence-electron chi connectivity index (χ1n) is 6.01. The molecule has 1 fully saturated rings. The lowest BCUT2D eigenvalue weighted by atomic mass is 10.0. The molecule has 0 aromatic heterocycles. The van der Waals surface area contributed by atoms with Gasteiger partial charge < -0.3 is 10.2 Å². The molecule has 0 aromatic carbocycles. The van der Waals surface area contributed by atoms with Gasteiger partial charge in [-0.05, 0) is 33.7 Å². The van der Waals surface area contributed by atoms with Crippen molar-refractivity contribution in [2.24, 2.45) is 0 Å². The fraction of sp³-hybridized carbons (Fsp3) is 1.00. The highest BCUT2D eigenvalue weighted by Crippen LogP contribution is 2.22. The summed E-state index contributed by atoms with van der Waals surface area (Å²) >= 11 is 0. The Bertz CT molecular complexity index is 189. The maximum Gasteiger partial charge on any atom is 0.0718 e. The van der Waals surface area contributed by atoms with Crippen molar-refractivity contribution in [1.29, 1.82) is 0 Å². The Morgan fingerprint density at radius 2 is 1.80 bits per heavy atom. The van der Waals surface area contributed by atoms with Crippen LogP contribution in [0.25, 0.3) is 0 Å². The van der Waals surface area contributed by atoms with Crippen molar-refractivity contribution in [3.05, 3.63) is 0 Å². The molecule has 0 aliphatic heterocycles. The normalized spacial score (nSPS) is 29.2. The molecule has 1 aliphatic rings. The zero-order chi connectivity index (χ0) is 11.5. The first kappa shape index (κ1) is 12.9. The smallest absolute Gasteiger partial charge is 0.0718 e. The van der Waals surface area contributed by atoms with E-state index in [4.69, 9.17) is 0 Å². The van der Waals surface area contributed by atoms with Crippen molar-refractivity contribution in [3.8, 4) is 0 Å². The van der Waals surface area contributed by atoms with E-state index < -0.39 is 5.60 Å². The predicted molar refractivity (Wildman–Crippen MR) is 61.8 cm³/mol. The van der Waals surface area contributed by atoms with Gasteiger partial charge in [0.05, 0.1) is 11.7 Å². The van der Waals surface area contributed by atoms with Gasteiger partial charge in [-0.3, -0.25) is 4.90 Å². The van der Waals surface area contributed by atoms with Crippen molar-refractivity contribution >= 4 is 0 Å². The van der Waals surface area contributed by atoms with Crippen LogP contribution in [0.4, 0.5) is 0 Å². The highest BCUT2D eigenvalue weighted by Gasteiger charge is 2.28. The van der Waals surface area contributed by atoms with Crippen LogP contribution < -0.4 is 0 Å². The minimum Gasteiger partial charge on any atom is -0.391 e. The summed E-state index contributed by atoms with van der Waals surface area (Å²) in [6, 6.07) is 0.221. The number of aliphatic hydroxyl groups excluding tert-OH is 1. The molecular formula is C12H25NO2. The molecule has 0 aromatic rings. The lowest BCUT2D eigenvalue weighted by Gasteiger charge is -2.34. The zero-order valence-electron chi connectivity index (χ0n) is 10.2. The molecule has 0 heterocycles. The van der Waals surface area contributed by atoms with E-state index in [2.05, 4.69) is 4.90 Å². The first-order valence-corrected chi connectivity index (χ1v) is 6.01. The van der Waals surface area contributed by atoms with Gasteiger partial charge >= 0.3 is 0 Å². The van der Waals surface area contributed by atoms with Gasteiger partial charge in [0.1, 0.15) is 0 Å². The van der Waals surface area contributed by atoms with Crippen LogP contribution in [-0.2, 0) is 0 Å². The van der Waals surface area contributed by atoms with Crippen molar-refractivity contribution < 1.29 is 10.2 Å². The lowest BCUT2D eigenvalue weighted by Crippen LogP contribution is -2.46. The van der Waals surface area contributed by atoms with Crippen LogP contribution in [0.3, 0.4) is 0 Å². The van der Waals surface area contributed by atoms with Crippen molar-refractivity contribution in [1.82, 2.24) is 4.90 Å². The molecule has 90 valence electrons. The van der Waals surface area contributed by atoms with Crippen molar-refractivity contribution in [2.75, 3.05) is 13.6 Å². The average molecular weight is 215 g/mol. The Hall–Kier alpha value is -0.120. The van der Waals surface area contributed by atoms with E-state index in [1.165, 1.54) is 12.8 Å². The molecule has 2 N–H and O–H groups in total. The minimum atomic E-state index is -0.680. The zero-order valence-corrected chi connectivity index (χ0v) is 10.2. The molecule has 0 bridgehead atoms. The Labute approximate surface area is 93.1 Å². The first-order chi connectivity index (χ1) is 6.90. The largest absolute Gasteiger partial charge is 0.391 e. The molecular weight excluding hydrogens is 190 g/mol. The summed E-state index contributed by atoms with van der Waals surface area (Å²) < 4.78 is 0. The van der Waals surface area contributed by atoms with Gasteiger partial charge in [-0.15, -0.1) is 0 Å². The summed E-state index contributed by atoms with van der Waals surface area (Å²) in [6.45, 7) is 4.24. The van der Waals surface area contributed by atoms with E-state index in [1.54, 1.807) is 0 Å². The van der Waals surface area contributed by atoms with Gasteiger partial charge in [0.15, 0.2) is 0 Å². The molecule has 1 saturated carbocycles. The van der Waals surface area contributed by atoms with E-state index >= 15 is 0 Å². The van der Waals surface area contributed by atoms with E-state index in [0.717, 1.165) is 19.3 Å². The van der Waals surface area contributed by atoms with Crippen LogP contribution in [0, 0.1) is 0 Å². The standard InChI is InChI=1S/C12H25NO2/c1-12(2,15)9-13(3)10-7-5-4-6-8-11(10)14/h10-11,14-15H,4-9H2,1-3H3. The number of hydrogen-bond donors (Lipinski definition) is 2.